The SMILES string of the molecule is CC(C)c1ccc(Cc2cc([C@@H]3O[C@H](CO)[C@@H](O)[C@H](O)[C@H]3O)ccc2C2CC2)cc1. The zero-order valence-electron chi connectivity index (χ0n) is 17.6. The van der Waals surface area contributed by atoms with Gasteiger partial charge in [-0.25, -0.2) is 0 Å². The highest BCUT2D eigenvalue weighted by molar-refractivity contribution is 5.41. The summed E-state index contributed by atoms with van der Waals surface area (Å²) in [7, 11) is 0. The van der Waals surface area contributed by atoms with E-state index in [2.05, 4.69) is 50.2 Å². The molecule has 0 bridgehead atoms. The lowest BCUT2D eigenvalue weighted by molar-refractivity contribution is -0.231. The molecule has 162 valence electrons. The molecule has 1 saturated carbocycles. The topological polar surface area (TPSA) is 90.2 Å². The van der Waals surface area contributed by atoms with Gasteiger partial charge in [-0.3, -0.25) is 0 Å². The fourth-order valence-corrected chi connectivity index (χ4v) is 4.37. The largest absolute Gasteiger partial charge is 0.394 e. The van der Waals surface area contributed by atoms with Crippen LogP contribution in [0, 0.1) is 0 Å². The molecular weight excluding hydrogens is 380 g/mol. The average Bonchev–Trinajstić information content (AvgIpc) is 3.58. The van der Waals surface area contributed by atoms with Gasteiger partial charge in [-0.05, 0) is 58.9 Å². The lowest BCUT2D eigenvalue weighted by atomic mass is 9.88. The van der Waals surface area contributed by atoms with Crippen LogP contribution < -0.4 is 0 Å². The second-order valence-corrected chi connectivity index (χ2v) is 9.06. The van der Waals surface area contributed by atoms with Crippen molar-refractivity contribution in [3.8, 4) is 0 Å². The molecule has 2 aliphatic rings. The van der Waals surface area contributed by atoms with Gasteiger partial charge >= 0.3 is 0 Å². The van der Waals surface area contributed by atoms with Gasteiger partial charge in [0.2, 0.25) is 0 Å². The maximum Gasteiger partial charge on any atom is 0.113 e. The van der Waals surface area contributed by atoms with Crippen LogP contribution in [-0.4, -0.2) is 51.4 Å². The molecule has 2 aromatic carbocycles. The molecule has 0 spiro atoms. The summed E-state index contributed by atoms with van der Waals surface area (Å²) in [6.45, 7) is 3.95. The summed E-state index contributed by atoms with van der Waals surface area (Å²) in [5.74, 6) is 1.08. The van der Waals surface area contributed by atoms with Crippen LogP contribution in [0.3, 0.4) is 0 Å². The van der Waals surface area contributed by atoms with E-state index >= 15 is 0 Å². The van der Waals surface area contributed by atoms with E-state index in [1.165, 1.54) is 35.1 Å². The Hall–Kier alpha value is -1.76. The van der Waals surface area contributed by atoms with Crippen molar-refractivity contribution in [3.63, 3.8) is 0 Å². The van der Waals surface area contributed by atoms with Gasteiger partial charge in [-0.1, -0.05) is 56.3 Å². The average molecular weight is 413 g/mol. The molecule has 2 fully saturated rings. The van der Waals surface area contributed by atoms with Crippen LogP contribution in [0.5, 0.6) is 0 Å². The Kier molecular flexibility index (Phi) is 6.28. The Morgan fingerprint density at radius 3 is 2.23 bits per heavy atom. The number of aliphatic hydroxyl groups excluding tert-OH is 4. The Bertz CT molecular complexity index is 856. The number of hydrogen-bond acceptors (Lipinski definition) is 5. The first kappa shape index (κ1) is 21.5. The molecule has 5 atom stereocenters. The Balaban J connectivity index is 1.63. The van der Waals surface area contributed by atoms with E-state index < -0.39 is 37.1 Å². The number of benzene rings is 2. The van der Waals surface area contributed by atoms with Gasteiger partial charge in [0.05, 0.1) is 6.61 Å². The van der Waals surface area contributed by atoms with Crippen molar-refractivity contribution in [2.24, 2.45) is 0 Å². The van der Waals surface area contributed by atoms with Crippen LogP contribution in [0.2, 0.25) is 0 Å². The summed E-state index contributed by atoms with van der Waals surface area (Å²) in [5, 5.41) is 40.2. The van der Waals surface area contributed by atoms with Crippen molar-refractivity contribution in [3.05, 3.63) is 70.3 Å². The Morgan fingerprint density at radius 2 is 1.63 bits per heavy atom. The highest BCUT2D eigenvalue weighted by Gasteiger charge is 2.44. The van der Waals surface area contributed by atoms with Crippen LogP contribution in [0.25, 0.3) is 0 Å². The van der Waals surface area contributed by atoms with Crippen LogP contribution in [0.4, 0.5) is 0 Å². The van der Waals surface area contributed by atoms with Crippen molar-refractivity contribution in [1.82, 2.24) is 0 Å². The summed E-state index contributed by atoms with van der Waals surface area (Å²) >= 11 is 0. The molecule has 4 rings (SSSR count). The molecule has 0 unspecified atom stereocenters. The van der Waals surface area contributed by atoms with Crippen LogP contribution in [-0.2, 0) is 11.2 Å². The third kappa shape index (κ3) is 4.32. The monoisotopic (exact) mass is 412 g/mol. The number of rotatable bonds is 6. The van der Waals surface area contributed by atoms with Gasteiger partial charge in [-0.15, -0.1) is 0 Å². The summed E-state index contributed by atoms with van der Waals surface area (Å²) in [5.41, 5.74) is 5.83. The molecule has 0 aromatic heterocycles. The Labute approximate surface area is 178 Å². The number of hydrogen-bond donors (Lipinski definition) is 4. The first-order valence-corrected chi connectivity index (χ1v) is 10.9. The molecule has 5 nitrogen and oxygen atoms in total. The molecule has 1 aliphatic carbocycles. The summed E-state index contributed by atoms with van der Waals surface area (Å²) in [4.78, 5) is 0. The van der Waals surface area contributed by atoms with E-state index in [-0.39, 0.29) is 0 Å². The van der Waals surface area contributed by atoms with Gasteiger partial charge in [-0.2, -0.15) is 0 Å². The normalized spacial score (nSPS) is 29.4. The number of aliphatic hydroxyl groups is 4. The molecule has 0 amide bonds. The standard InChI is InChI=1S/C25H32O5/c1-14(2)16-5-3-15(4-6-16)11-19-12-18(9-10-20(19)17-7-8-17)25-24(29)23(28)22(27)21(13-26)30-25/h3-6,9-10,12,14,17,21-29H,7-8,11,13H2,1-2H3/t21-,22-,23+,24-,25+/m1/s1. The van der Waals surface area contributed by atoms with Crippen LogP contribution >= 0.6 is 0 Å². The van der Waals surface area contributed by atoms with E-state index in [1.54, 1.807) is 0 Å². The molecule has 0 radical (unpaired) electrons. The van der Waals surface area contributed by atoms with Crippen molar-refractivity contribution in [2.45, 2.75) is 75.5 Å². The van der Waals surface area contributed by atoms with Crippen LogP contribution in [0.15, 0.2) is 42.5 Å². The van der Waals surface area contributed by atoms with Gasteiger partial charge in [0, 0.05) is 0 Å². The van der Waals surface area contributed by atoms with E-state index in [0.717, 1.165) is 12.0 Å². The van der Waals surface area contributed by atoms with Crippen molar-refractivity contribution in [2.75, 3.05) is 6.61 Å². The van der Waals surface area contributed by atoms with E-state index in [4.69, 9.17) is 4.74 Å². The maximum atomic E-state index is 10.5. The fourth-order valence-electron chi connectivity index (χ4n) is 4.37. The molecule has 2 aromatic rings. The lowest BCUT2D eigenvalue weighted by Crippen LogP contribution is -2.55. The van der Waals surface area contributed by atoms with Crippen LogP contribution in [0.1, 0.15) is 72.4 Å². The van der Waals surface area contributed by atoms with Crippen molar-refractivity contribution in [1.29, 1.82) is 0 Å². The highest BCUT2D eigenvalue weighted by Crippen LogP contribution is 2.43. The minimum atomic E-state index is -1.36. The van der Waals surface area contributed by atoms with Gasteiger partial charge in [0.1, 0.15) is 30.5 Å². The highest BCUT2D eigenvalue weighted by atomic mass is 16.5. The lowest BCUT2D eigenvalue weighted by Gasteiger charge is -2.40. The van der Waals surface area contributed by atoms with Crippen molar-refractivity contribution < 1.29 is 25.2 Å². The summed E-state index contributed by atoms with van der Waals surface area (Å²) in [6.07, 6.45) is -2.48. The van der Waals surface area contributed by atoms with Gasteiger partial charge in [0.25, 0.3) is 0 Å². The van der Waals surface area contributed by atoms with Crippen molar-refractivity contribution >= 4 is 0 Å². The summed E-state index contributed by atoms with van der Waals surface area (Å²) < 4.78 is 5.77. The molecule has 4 N–H and O–H groups in total. The quantitative estimate of drug-likeness (QED) is 0.586. The molecule has 5 heteroatoms. The van der Waals surface area contributed by atoms with E-state index in [0.29, 0.717) is 11.8 Å². The molecule has 30 heavy (non-hydrogen) atoms. The minimum absolute atomic E-state index is 0.420. The molecule has 1 saturated heterocycles. The molecular formula is C25H32O5. The second kappa shape index (κ2) is 8.77. The Morgan fingerprint density at radius 1 is 0.933 bits per heavy atom. The first-order chi connectivity index (χ1) is 14.4. The molecule has 1 aliphatic heterocycles. The predicted molar refractivity (Wildman–Crippen MR) is 114 cm³/mol. The third-order valence-corrected chi connectivity index (χ3v) is 6.45. The van der Waals surface area contributed by atoms with Gasteiger partial charge < -0.3 is 25.2 Å². The maximum absolute atomic E-state index is 10.5. The molecule has 1 heterocycles. The predicted octanol–water partition coefficient (Wildman–Crippen LogP) is 2.79. The smallest absolute Gasteiger partial charge is 0.113 e. The van der Waals surface area contributed by atoms with E-state index in [1.807, 2.05) is 6.07 Å². The van der Waals surface area contributed by atoms with E-state index in [9.17, 15) is 20.4 Å². The fraction of sp³-hybridized carbons (Fsp3) is 0.520. The number of ether oxygens (including phenoxy) is 1. The zero-order valence-corrected chi connectivity index (χ0v) is 17.6. The summed E-state index contributed by atoms with van der Waals surface area (Å²) in [6, 6.07) is 14.8. The van der Waals surface area contributed by atoms with Gasteiger partial charge in [0.15, 0.2) is 0 Å². The minimum Gasteiger partial charge on any atom is -0.394 e. The third-order valence-electron chi connectivity index (χ3n) is 6.45. The second-order valence-electron chi connectivity index (χ2n) is 9.06. The zero-order chi connectivity index (χ0) is 21.4. The first-order valence-electron chi connectivity index (χ1n) is 10.9.